The summed E-state index contributed by atoms with van der Waals surface area (Å²) in [5, 5.41) is 0. The highest BCUT2D eigenvalue weighted by Gasteiger charge is 2.27. The molecule has 3 nitrogen and oxygen atoms in total. The van der Waals surface area contributed by atoms with Gasteiger partial charge in [0, 0.05) is 0 Å². The summed E-state index contributed by atoms with van der Waals surface area (Å²) in [6, 6.07) is 10.3. The van der Waals surface area contributed by atoms with E-state index in [2.05, 4.69) is 19.1 Å². The highest BCUT2D eigenvalue weighted by molar-refractivity contribution is 5.72. The number of benzene rings is 1. The summed E-state index contributed by atoms with van der Waals surface area (Å²) >= 11 is 0. The standard InChI is InChI=1S/C16H22O3/c1-3-13(16(17)19-11-15-10-18-15)9-12(2)14-7-5-4-6-8-14/h4-8,12-13,15H,3,9-11H2,1-2H3. The molecule has 1 aromatic carbocycles. The van der Waals surface area contributed by atoms with E-state index in [0.29, 0.717) is 12.5 Å². The van der Waals surface area contributed by atoms with Crippen molar-refractivity contribution in [1.82, 2.24) is 0 Å². The monoisotopic (exact) mass is 262 g/mol. The lowest BCUT2D eigenvalue weighted by atomic mass is 9.89. The maximum absolute atomic E-state index is 12.0. The van der Waals surface area contributed by atoms with E-state index in [9.17, 15) is 4.79 Å². The van der Waals surface area contributed by atoms with Crippen LogP contribution in [0.5, 0.6) is 0 Å². The molecule has 19 heavy (non-hydrogen) atoms. The Hall–Kier alpha value is -1.35. The van der Waals surface area contributed by atoms with Crippen LogP contribution in [0.3, 0.4) is 0 Å². The summed E-state index contributed by atoms with van der Waals surface area (Å²) in [5.74, 6) is 0.269. The summed E-state index contributed by atoms with van der Waals surface area (Å²) in [7, 11) is 0. The molecule has 0 aromatic heterocycles. The molecule has 0 amide bonds. The van der Waals surface area contributed by atoms with Gasteiger partial charge < -0.3 is 9.47 Å². The molecule has 2 rings (SSSR count). The van der Waals surface area contributed by atoms with E-state index in [4.69, 9.17) is 9.47 Å². The molecular formula is C16H22O3. The second-order valence-corrected chi connectivity index (χ2v) is 5.24. The van der Waals surface area contributed by atoms with Crippen molar-refractivity contribution in [3.8, 4) is 0 Å². The van der Waals surface area contributed by atoms with Crippen molar-refractivity contribution in [2.24, 2.45) is 5.92 Å². The molecule has 1 aliphatic heterocycles. The average Bonchev–Trinajstić information content (AvgIpc) is 3.27. The largest absolute Gasteiger partial charge is 0.463 e. The number of esters is 1. The highest BCUT2D eigenvalue weighted by Crippen LogP contribution is 2.26. The zero-order valence-electron chi connectivity index (χ0n) is 11.7. The summed E-state index contributed by atoms with van der Waals surface area (Å²) in [4.78, 5) is 12.0. The molecule has 1 aromatic rings. The van der Waals surface area contributed by atoms with Gasteiger partial charge in [-0.05, 0) is 24.3 Å². The normalized spacial score (nSPS) is 20.6. The lowest BCUT2D eigenvalue weighted by Gasteiger charge is -2.18. The second-order valence-electron chi connectivity index (χ2n) is 5.24. The van der Waals surface area contributed by atoms with Gasteiger partial charge in [-0.2, -0.15) is 0 Å². The molecule has 0 N–H and O–H groups in total. The van der Waals surface area contributed by atoms with Gasteiger partial charge in [-0.15, -0.1) is 0 Å². The van der Waals surface area contributed by atoms with Crippen molar-refractivity contribution in [2.45, 2.75) is 38.7 Å². The predicted molar refractivity (Wildman–Crippen MR) is 74.0 cm³/mol. The van der Waals surface area contributed by atoms with Crippen molar-refractivity contribution >= 4 is 5.97 Å². The van der Waals surface area contributed by atoms with Gasteiger partial charge in [0.25, 0.3) is 0 Å². The Balaban J connectivity index is 1.84. The minimum atomic E-state index is -0.0826. The van der Waals surface area contributed by atoms with Gasteiger partial charge in [-0.1, -0.05) is 44.2 Å². The molecule has 3 atom stereocenters. The first-order valence-electron chi connectivity index (χ1n) is 7.04. The van der Waals surface area contributed by atoms with Crippen LogP contribution in [0.1, 0.15) is 38.2 Å². The summed E-state index contributed by atoms with van der Waals surface area (Å²) in [6.07, 6.45) is 1.81. The summed E-state index contributed by atoms with van der Waals surface area (Å²) < 4.78 is 10.3. The zero-order valence-corrected chi connectivity index (χ0v) is 11.7. The molecule has 3 unspecified atom stereocenters. The molecule has 0 radical (unpaired) electrons. The molecule has 1 heterocycles. The fraction of sp³-hybridized carbons (Fsp3) is 0.562. The number of carbonyl (C=O) groups is 1. The first-order valence-corrected chi connectivity index (χ1v) is 7.04. The van der Waals surface area contributed by atoms with Crippen molar-refractivity contribution in [3.63, 3.8) is 0 Å². The third kappa shape index (κ3) is 4.35. The van der Waals surface area contributed by atoms with Gasteiger partial charge in [0.1, 0.15) is 12.7 Å². The van der Waals surface area contributed by atoms with E-state index in [0.717, 1.165) is 19.4 Å². The van der Waals surface area contributed by atoms with Crippen LogP contribution < -0.4 is 0 Å². The Kier molecular flexibility index (Phi) is 4.97. The molecule has 0 saturated carbocycles. The van der Waals surface area contributed by atoms with Crippen LogP contribution in [0.15, 0.2) is 30.3 Å². The fourth-order valence-corrected chi connectivity index (χ4v) is 2.23. The second kappa shape index (κ2) is 6.71. The fourth-order valence-electron chi connectivity index (χ4n) is 2.23. The third-order valence-electron chi connectivity index (χ3n) is 3.65. The number of hydrogen-bond acceptors (Lipinski definition) is 3. The van der Waals surface area contributed by atoms with Crippen LogP contribution in [0, 0.1) is 5.92 Å². The Morgan fingerprint density at radius 3 is 2.68 bits per heavy atom. The van der Waals surface area contributed by atoms with Gasteiger partial charge in [-0.3, -0.25) is 4.79 Å². The maximum atomic E-state index is 12.0. The van der Waals surface area contributed by atoms with Gasteiger partial charge in [-0.25, -0.2) is 0 Å². The number of hydrogen-bond donors (Lipinski definition) is 0. The summed E-state index contributed by atoms with van der Waals surface area (Å²) in [5.41, 5.74) is 1.28. The third-order valence-corrected chi connectivity index (χ3v) is 3.65. The Bertz CT molecular complexity index is 398. The highest BCUT2D eigenvalue weighted by atomic mass is 16.6. The molecule has 0 aliphatic carbocycles. The molecule has 104 valence electrons. The number of epoxide rings is 1. The molecule has 1 saturated heterocycles. The van der Waals surface area contributed by atoms with Crippen LogP contribution in [0.4, 0.5) is 0 Å². The minimum Gasteiger partial charge on any atom is -0.463 e. The van der Waals surface area contributed by atoms with Crippen LogP contribution >= 0.6 is 0 Å². The van der Waals surface area contributed by atoms with E-state index in [-0.39, 0.29) is 18.0 Å². The topological polar surface area (TPSA) is 38.8 Å². The van der Waals surface area contributed by atoms with Crippen molar-refractivity contribution < 1.29 is 14.3 Å². The lowest BCUT2D eigenvalue weighted by molar-refractivity contribution is -0.149. The predicted octanol–water partition coefficient (Wildman–Crippen LogP) is 3.15. The number of carbonyl (C=O) groups excluding carboxylic acids is 1. The van der Waals surface area contributed by atoms with E-state index < -0.39 is 0 Å². The smallest absolute Gasteiger partial charge is 0.309 e. The Morgan fingerprint density at radius 2 is 2.11 bits per heavy atom. The van der Waals surface area contributed by atoms with Gasteiger partial charge in [0.05, 0.1) is 12.5 Å². The number of rotatable bonds is 7. The Morgan fingerprint density at radius 1 is 1.42 bits per heavy atom. The van der Waals surface area contributed by atoms with Gasteiger partial charge in [0.15, 0.2) is 0 Å². The molecule has 0 bridgehead atoms. The first kappa shape index (κ1) is 14.1. The molecular weight excluding hydrogens is 240 g/mol. The lowest BCUT2D eigenvalue weighted by Crippen LogP contribution is -2.21. The van der Waals surface area contributed by atoms with E-state index in [1.165, 1.54) is 5.56 Å². The van der Waals surface area contributed by atoms with Crippen LogP contribution in [-0.4, -0.2) is 25.3 Å². The van der Waals surface area contributed by atoms with Crippen LogP contribution in [0.25, 0.3) is 0 Å². The minimum absolute atomic E-state index is 0.0195. The van der Waals surface area contributed by atoms with Crippen LogP contribution in [0.2, 0.25) is 0 Å². The van der Waals surface area contributed by atoms with Crippen molar-refractivity contribution in [3.05, 3.63) is 35.9 Å². The Labute approximate surface area is 114 Å². The molecule has 1 fully saturated rings. The molecule has 3 heteroatoms. The summed E-state index contributed by atoms with van der Waals surface area (Å²) in [6.45, 7) is 5.34. The maximum Gasteiger partial charge on any atom is 0.309 e. The van der Waals surface area contributed by atoms with Crippen molar-refractivity contribution in [1.29, 1.82) is 0 Å². The first-order chi connectivity index (χ1) is 9.20. The van der Waals surface area contributed by atoms with Crippen molar-refractivity contribution in [2.75, 3.05) is 13.2 Å². The number of ether oxygens (including phenoxy) is 2. The van der Waals surface area contributed by atoms with Crippen LogP contribution in [-0.2, 0) is 14.3 Å². The van der Waals surface area contributed by atoms with E-state index in [1.807, 2.05) is 25.1 Å². The van der Waals surface area contributed by atoms with Gasteiger partial charge >= 0.3 is 5.97 Å². The van der Waals surface area contributed by atoms with E-state index >= 15 is 0 Å². The molecule has 1 aliphatic rings. The van der Waals surface area contributed by atoms with E-state index in [1.54, 1.807) is 0 Å². The molecule has 0 spiro atoms. The quantitative estimate of drug-likeness (QED) is 0.559. The average molecular weight is 262 g/mol. The zero-order chi connectivity index (χ0) is 13.7. The SMILES string of the molecule is CCC(CC(C)c1ccccc1)C(=O)OCC1CO1. The van der Waals surface area contributed by atoms with Gasteiger partial charge in [0.2, 0.25) is 0 Å².